The third-order valence-electron chi connectivity index (χ3n) is 3.43. The van der Waals surface area contributed by atoms with Crippen LogP contribution in [0.4, 0.5) is 0 Å². The fraction of sp³-hybridized carbons (Fsp3) is 0.316. The van der Waals surface area contributed by atoms with E-state index in [1.165, 1.54) is 5.56 Å². The molecule has 0 unspecified atom stereocenters. The van der Waals surface area contributed by atoms with Crippen molar-refractivity contribution in [3.63, 3.8) is 0 Å². The zero-order valence-electron chi connectivity index (χ0n) is 15.5. The maximum absolute atomic E-state index is 4.60. The Morgan fingerprint density at radius 2 is 1.92 bits per heavy atom. The first kappa shape index (κ1) is 20.6. The van der Waals surface area contributed by atoms with Gasteiger partial charge in [-0.05, 0) is 45.3 Å². The van der Waals surface area contributed by atoms with E-state index in [9.17, 15) is 0 Å². The third-order valence-corrected chi connectivity index (χ3v) is 3.43. The first-order valence-electron chi connectivity index (χ1n) is 8.29. The summed E-state index contributed by atoms with van der Waals surface area (Å²) in [6.07, 6.45) is 3.46. The molecule has 0 spiro atoms. The SMILES string of the molecule is C/C=N/N=C(/c1ccccn1)c1ccccc1CN(C)CC.CNN. The number of nitrogens with two attached hydrogens (primary N) is 1. The molecule has 134 valence electrons. The van der Waals surface area contributed by atoms with Gasteiger partial charge in [-0.25, -0.2) is 0 Å². The van der Waals surface area contributed by atoms with Gasteiger partial charge < -0.3 is 4.90 Å². The Balaban J connectivity index is 0.000000970. The molecular formula is C19H28N6. The van der Waals surface area contributed by atoms with Gasteiger partial charge in [0.25, 0.3) is 0 Å². The Kier molecular flexibility index (Phi) is 9.92. The smallest absolute Gasteiger partial charge is 0.119 e. The average Bonchev–Trinajstić information content (AvgIpc) is 2.64. The molecule has 2 rings (SSSR count). The van der Waals surface area contributed by atoms with Crippen molar-refractivity contribution >= 4 is 11.9 Å². The van der Waals surface area contributed by atoms with Crippen molar-refractivity contribution in [1.82, 2.24) is 15.3 Å². The number of benzene rings is 1. The lowest BCUT2D eigenvalue weighted by atomic mass is 10.00. The highest BCUT2D eigenvalue weighted by atomic mass is 15.2. The van der Waals surface area contributed by atoms with Gasteiger partial charge in [0.15, 0.2) is 0 Å². The largest absolute Gasteiger partial charge is 0.302 e. The molecule has 0 amide bonds. The molecule has 6 heteroatoms. The van der Waals surface area contributed by atoms with Crippen LogP contribution in [0.15, 0.2) is 58.9 Å². The summed E-state index contributed by atoms with van der Waals surface area (Å²) in [7, 11) is 3.76. The van der Waals surface area contributed by atoms with Gasteiger partial charge in [-0.3, -0.25) is 16.3 Å². The van der Waals surface area contributed by atoms with Crippen LogP contribution in [0.25, 0.3) is 0 Å². The zero-order chi connectivity index (χ0) is 18.5. The highest BCUT2D eigenvalue weighted by Gasteiger charge is 2.13. The van der Waals surface area contributed by atoms with Gasteiger partial charge >= 0.3 is 0 Å². The molecule has 0 aliphatic heterocycles. The molecule has 0 atom stereocenters. The lowest BCUT2D eigenvalue weighted by molar-refractivity contribution is 0.345. The Bertz CT molecular complexity index is 667. The molecule has 3 N–H and O–H groups in total. The van der Waals surface area contributed by atoms with E-state index < -0.39 is 0 Å². The van der Waals surface area contributed by atoms with E-state index in [4.69, 9.17) is 0 Å². The second kappa shape index (κ2) is 12.0. The van der Waals surface area contributed by atoms with Gasteiger partial charge in [0.2, 0.25) is 0 Å². The number of nitrogens with zero attached hydrogens (tertiary/aromatic N) is 4. The Morgan fingerprint density at radius 1 is 1.24 bits per heavy atom. The van der Waals surface area contributed by atoms with Crippen molar-refractivity contribution in [3.05, 3.63) is 65.5 Å². The van der Waals surface area contributed by atoms with E-state index in [2.05, 4.69) is 63.5 Å². The second-order valence-corrected chi connectivity index (χ2v) is 5.31. The highest BCUT2D eigenvalue weighted by molar-refractivity contribution is 6.12. The number of pyridine rings is 1. The normalized spacial score (nSPS) is 11.5. The predicted octanol–water partition coefficient (Wildman–Crippen LogP) is 2.46. The maximum atomic E-state index is 4.60. The highest BCUT2D eigenvalue weighted by Crippen LogP contribution is 2.16. The summed E-state index contributed by atoms with van der Waals surface area (Å²) in [6.45, 7) is 5.87. The molecule has 1 heterocycles. The van der Waals surface area contributed by atoms with Crippen LogP contribution in [0.5, 0.6) is 0 Å². The van der Waals surface area contributed by atoms with Crippen molar-refractivity contribution in [2.45, 2.75) is 20.4 Å². The van der Waals surface area contributed by atoms with E-state index in [1.54, 1.807) is 19.5 Å². The maximum Gasteiger partial charge on any atom is 0.119 e. The van der Waals surface area contributed by atoms with Crippen LogP contribution in [0.3, 0.4) is 0 Å². The van der Waals surface area contributed by atoms with Crippen molar-refractivity contribution in [3.8, 4) is 0 Å². The van der Waals surface area contributed by atoms with Gasteiger partial charge in [0.05, 0.1) is 5.69 Å². The van der Waals surface area contributed by atoms with Crippen molar-refractivity contribution in [2.24, 2.45) is 16.0 Å². The number of hydrazine groups is 1. The lowest BCUT2D eigenvalue weighted by Gasteiger charge is -2.17. The van der Waals surface area contributed by atoms with Crippen molar-refractivity contribution < 1.29 is 0 Å². The molecule has 1 aromatic carbocycles. The Hall–Kier alpha value is -2.41. The van der Waals surface area contributed by atoms with E-state index >= 15 is 0 Å². The minimum absolute atomic E-state index is 0.804. The van der Waals surface area contributed by atoms with Gasteiger partial charge in [0.1, 0.15) is 5.71 Å². The lowest BCUT2D eigenvalue weighted by Crippen LogP contribution is -2.19. The first-order valence-corrected chi connectivity index (χ1v) is 8.29. The van der Waals surface area contributed by atoms with Crippen LogP contribution in [-0.4, -0.2) is 42.5 Å². The number of hydrogen-bond acceptors (Lipinski definition) is 6. The second-order valence-electron chi connectivity index (χ2n) is 5.31. The average molecular weight is 340 g/mol. The van der Waals surface area contributed by atoms with Crippen molar-refractivity contribution in [2.75, 3.05) is 20.6 Å². The number of aromatic nitrogens is 1. The summed E-state index contributed by atoms with van der Waals surface area (Å²) in [6, 6.07) is 14.1. The van der Waals surface area contributed by atoms with E-state index in [1.807, 2.05) is 31.2 Å². The van der Waals surface area contributed by atoms with Gasteiger partial charge in [-0.1, -0.05) is 37.3 Å². The number of hydrogen-bond donors (Lipinski definition) is 2. The van der Waals surface area contributed by atoms with Crippen LogP contribution in [0.2, 0.25) is 0 Å². The molecule has 0 bridgehead atoms. The standard InChI is InChI=1S/C18H22N4.CH6N2/c1-4-20-21-18(17-12-8-9-13-19-17)16-11-7-6-10-15(16)14-22(3)5-2;1-3-2/h4,6-13H,5,14H2,1-3H3;3H,2H2,1H3/b20-4+,21-18+;. The minimum Gasteiger partial charge on any atom is -0.302 e. The predicted molar refractivity (Wildman–Crippen MR) is 106 cm³/mol. The molecule has 2 aromatic rings. The van der Waals surface area contributed by atoms with Crippen LogP contribution >= 0.6 is 0 Å². The molecule has 1 aromatic heterocycles. The fourth-order valence-electron chi connectivity index (χ4n) is 2.15. The third kappa shape index (κ3) is 6.93. The van der Waals surface area contributed by atoms with Crippen molar-refractivity contribution in [1.29, 1.82) is 0 Å². The molecule has 0 saturated heterocycles. The van der Waals surface area contributed by atoms with Crippen LogP contribution in [-0.2, 0) is 6.54 Å². The Morgan fingerprint density at radius 3 is 2.52 bits per heavy atom. The molecule has 0 radical (unpaired) electrons. The van der Waals surface area contributed by atoms with Gasteiger partial charge in [-0.15, -0.1) is 5.10 Å². The number of nitrogens with one attached hydrogen (secondary N) is 1. The molecule has 0 aliphatic rings. The summed E-state index contributed by atoms with van der Waals surface area (Å²) in [5.74, 6) is 4.60. The molecule has 0 fully saturated rings. The molecule has 0 saturated carbocycles. The fourth-order valence-corrected chi connectivity index (χ4v) is 2.15. The van der Waals surface area contributed by atoms with Gasteiger partial charge in [0, 0.05) is 24.5 Å². The first-order chi connectivity index (χ1) is 12.2. The molecular weight excluding hydrogens is 312 g/mol. The minimum atomic E-state index is 0.804. The molecule has 0 aliphatic carbocycles. The summed E-state index contributed by atoms with van der Waals surface area (Å²) in [5.41, 5.74) is 6.19. The van der Waals surface area contributed by atoms with E-state index in [-0.39, 0.29) is 0 Å². The molecule has 25 heavy (non-hydrogen) atoms. The zero-order valence-corrected chi connectivity index (χ0v) is 15.5. The number of rotatable bonds is 6. The quantitative estimate of drug-likeness (QED) is 0.481. The Labute approximate surface area is 150 Å². The van der Waals surface area contributed by atoms with E-state index in [0.717, 1.165) is 30.1 Å². The van der Waals surface area contributed by atoms with Crippen LogP contribution < -0.4 is 11.3 Å². The summed E-state index contributed by atoms with van der Waals surface area (Å²) in [5, 5.41) is 8.46. The van der Waals surface area contributed by atoms with Crippen LogP contribution in [0, 0.1) is 0 Å². The summed E-state index contributed by atoms with van der Waals surface area (Å²) in [4.78, 5) is 6.69. The summed E-state index contributed by atoms with van der Waals surface area (Å²) >= 11 is 0. The summed E-state index contributed by atoms with van der Waals surface area (Å²) < 4.78 is 0. The molecule has 6 nitrogen and oxygen atoms in total. The monoisotopic (exact) mass is 340 g/mol. The van der Waals surface area contributed by atoms with E-state index in [0.29, 0.717) is 0 Å². The van der Waals surface area contributed by atoms with Gasteiger partial charge in [-0.2, -0.15) is 5.10 Å². The topological polar surface area (TPSA) is 78.9 Å². The van der Waals surface area contributed by atoms with Crippen LogP contribution in [0.1, 0.15) is 30.7 Å².